The molecule has 4 nitrogen and oxygen atoms in total. The van der Waals surface area contributed by atoms with Gasteiger partial charge in [-0.1, -0.05) is 110 Å². The summed E-state index contributed by atoms with van der Waals surface area (Å²) in [7, 11) is 0. The average molecular weight is 425 g/mol. The fourth-order valence-electron chi connectivity index (χ4n) is 5.33. The summed E-state index contributed by atoms with van der Waals surface area (Å²) in [6.45, 7) is 6.26. The highest BCUT2D eigenvalue weighted by atomic mass is 16.4. The number of carboxylic acids is 2. The van der Waals surface area contributed by atoms with Crippen molar-refractivity contribution in [2.75, 3.05) is 0 Å². The van der Waals surface area contributed by atoms with E-state index < -0.39 is 22.8 Å². The van der Waals surface area contributed by atoms with E-state index in [-0.39, 0.29) is 0 Å². The molecule has 0 spiro atoms. The molecule has 0 saturated heterocycles. The molecule has 0 aromatic carbocycles. The van der Waals surface area contributed by atoms with E-state index >= 15 is 0 Å². The Labute approximate surface area is 185 Å². The van der Waals surface area contributed by atoms with Crippen molar-refractivity contribution >= 4 is 11.9 Å². The van der Waals surface area contributed by atoms with Gasteiger partial charge in [-0.15, -0.1) is 0 Å². The maximum Gasteiger partial charge on any atom is 0.310 e. The number of hydrogen-bond donors (Lipinski definition) is 2. The summed E-state index contributed by atoms with van der Waals surface area (Å²) in [4.78, 5) is 24.0. The van der Waals surface area contributed by atoms with E-state index in [9.17, 15) is 19.8 Å². The molecule has 1 aliphatic carbocycles. The molecule has 0 aromatic heterocycles. The highest BCUT2D eigenvalue weighted by molar-refractivity contribution is 5.86. The van der Waals surface area contributed by atoms with Gasteiger partial charge in [0, 0.05) is 0 Å². The molecule has 2 atom stereocenters. The van der Waals surface area contributed by atoms with Crippen LogP contribution in [0.25, 0.3) is 0 Å². The van der Waals surface area contributed by atoms with Gasteiger partial charge < -0.3 is 10.2 Å². The molecule has 0 aromatic rings. The van der Waals surface area contributed by atoms with E-state index in [2.05, 4.69) is 13.8 Å². The summed E-state index contributed by atoms with van der Waals surface area (Å²) in [5.41, 5.74) is -2.22. The second-order valence-corrected chi connectivity index (χ2v) is 10.4. The maximum absolute atomic E-state index is 12.1. The predicted molar refractivity (Wildman–Crippen MR) is 124 cm³/mol. The first-order chi connectivity index (χ1) is 14.3. The number of carbonyl (C=O) groups is 2. The molecule has 0 aliphatic heterocycles. The molecular formula is C26H48O4. The highest BCUT2D eigenvalue weighted by Gasteiger charge is 2.58. The third kappa shape index (κ3) is 8.23. The van der Waals surface area contributed by atoms with E-state index in [1.165, 1.54) is 64.2 Å². The average Bonchev–Trinajstić information content (AvgIpc) is 2.69. The lowest BCUT2D eigenvalue weighted by Crippen LogP contribution is -2.52. The SMILES string of the molecule is CC(C)CCCCCCCCCCCCCCC1(C(=O)O)CCCCC1(C)C(=O)O. The lowest BCUT2D eigenvalue weighted by Gasteiger charge is -2.46. The monoisotopic (exact) mass is 424 g/mol. The zero-order chi connectivity index (χ0) is 22.5. The zero-order valence-electron chi connectivity index (χ0n) is 20.0. The summed E-state index contributed by atoms with van der Waals surface area (Å²) in [5, 5.41) is 19.7. The van der Waals surface area contributed by atoms with Crippen LogP contribution in [0.4, 0.5) is 0 Å². The fraction of sp³-hybridized carbons (Fsp3) is 0.923. The van der Waals surface area contributed by atoms with Crippen LogP contribution in [0.3, 0.4) is 0 Å². The van der Waals surface area contributed by atoms with Gasteiger partial charge in [-0.25, -0.2) is 0 Å². The van der Waals surface area contributed by atoms with Crippen molar-refractivity contribution in [1.29, 1.82) is 0 Å². The first kappa shape index (κ1) is 27.0. The van der Waals surface area contributed by atoms with Gasteiger partial charge in [0.1, 0.15) is 0 Å². The minimum absolute atomic E-state index is 0.479. The van der Waals surface area contributed by atoms with Crippen LogP contribution in [-0.2, 0) is 9.59 Å². The molecule has 176 valence electrons. The molecule has 0 heterocycles. The van der Waals surface area contributed by atoms with Crippen LogP contribution in [0, 0.1) is 16.7 Å². The number of carboxylic acid groups (broad SMARTS) is 2. The summed E-state index contributed by atoms with van der Waals surface area (Å²) in [6.07, 6.45) is 19.5. The van der Waals surface area contributed by atoms with Crippen LogP contribution < -0.4 is 0 Å². The Balaban J connectivity index is 2.14. The molecule has 0 bridgehead atoms. The lowest BCUT2D eigenvalue weighted by atomic mass is 9.55. The van der Waals surface area contributed by atoms with Gasteiger partial charge >= 0.3 is 11.9 Å². The quantitative estimate of drug-likeness (QED) is 0.233. The first-order valence-electron chi connectivity index (χ1n) is 12.7. The molecule has 4 heteroatoms. The smallest absolute Gasteiger partial charge is 0.310 e. The third-order valence-corrected chi connectivity index (χ3v) is 7.60. The number of hydrogen-bond acceptors (Lipinski definition) is 2. The van der Waals surface area contributed by atoms with Crippen LogP contribution in [0.1, 0.15) is 136 Å². The predicted octanol–water partition coefficient (Wildman–Crippen LogP) is 7.84. The molecule has 1 aliphatic rings. The Bertz CT molecular complexity index is 501. The largest absolute Gasteiger partial charge is 0.481 e. The van der Waals surface area contributed by atoms with Crippen molar-refractivity contribution in [2.24, 2.45) is 16.7 Å². The van der Waals surface area contributed by atoms with E-state index in [0.29, 0.717) is 19.3 Å². The van der Waals surface area contributed by atoms with E-state index in [1.54, 1.807) is 6.92 Å². The van der Waals surface area contributed by atoms with Gasteiger partial charge in [0.25, 0.3) is 0 Å². The van der Waals surface area contributed by atoms with Gasteiger partial charge in [-0.05, 0) is 32.1 Å². The van der Waals surface area contributed by atoms with E-state index in [4.69, 9.17) is 0 Å². The molecule has 1 saturated carbocycles. The van der Waals surface area contributed by atoms with Gasteiger partial charge in [0.15, 0.2) is 0 Å². The van der Waals surface area contributed by atoms with Gasteiger partial charge in [-0.2, -0.15) is 0 Å². The summed E-state index contributed by atoms with van der Waals surface area (Å²) in [5.74, 6) is -1.01. The highest BCUT2D eigenvalue weighted by Crippen LogP contribution is 2.54. The van der Waals surface area contributed by atoms with Crippen molar-refractivity contribution in [1.82, 2.24) is 0 Å². The molecule has 0 radical (unpaired) electrons. The second kappa shape index (κ2) is 14.1. The Hall–Kier alpha value is -1.06. The van der Waals surface area contributed by atoms with Crippen LogP contribution in [0.15, 0.2) is 0 Å². The summed E-state index contributed by atoms with van der Waals surface area (Å²) < 4.78 is 0. The first-order valence-corrected chi connectivity index (χ1v) is 12.7. The molecule has 30 heavy (non-hydrogen) atoms. The van der Waals surface area contributed by atoms with Crippen LogP contribution in [0.2, 0.25) is 0 Å². The summed E-state index contributed by atoms with van der Waals surface area (Å²) >= 11 is 0. The van der Waals surface area contributed by atoms with Gasteiger partial charge in [0.2, 0.25) is 0 Å². The third-order valence-electron chi connectivity index (χ3n) is 7.60. The number of unbranched alkanes of at least 4 members (excludes halogenated alkanes) is 11. The van der Waals surface area contributed by atoms with Crippen molar-refractivity contribution in [3.8, 4) is 0 Å². The van der Waals surface area contributed by atoms with Crippen molar-refractivity contribution in [3.05, 3.63) is 0 Å². The van der Waals surface area contributed by atoms with Crippen molar-refractivity contribution in [2.45, 2.75) is 136 Å². The van der Waals surface area contributed by atoms with Gasteiger partial charge in [-0.3, -0.25) is 9.59 Å². The number of rotatable bonds is 17. The molecule has 0 amide bonds. The maximum atomic E-state index is 12.1. The Kier molecular flexibility index (Phi) is 12.7. The fourth-order valence-corrected chi connectivity index (χ4v) is 5.33. The molecule has 2 unspecified atom stereocenters. The number of aliphatic carboxylic acids is 2. The lowest BCUT2D eigenvalue weighted by molar-refractivity contribution is -0.179. The topological polar surface area (TPSA) is 74.6 Å². The van der Waals surface area contributed by atoms with E-state index in [1.807, 2.05) is 0 Å². The van der Waals surface area contributed by atoms with E-state index in [0.717, 1.165) is 38.0 Å². The van der Waals surface area contributed by atoms with Crippen molar-refractivity contribution < 1.29 is 19.8 Å². The Morgan fingerprint density at radius 2 is 1.13 bits per heavy atom. The van der Waals surface area contributed by atoms with Crippen LogP contribution in [0.5, 0.6) is 0 Å². The summed E-state index contributed by atoms with van der Waals surface area (Å²) in [6, 6.07) is 0. The normalized spacial score (nSPS) is 24.3. The second-order valence-electron chi connectivity index (χ2n) is 10.4. The molecule has 2 N–H and O–H groups in total. The minimum atomic E-state index is -1.13. The Morgan fingerprint density at radius 1 is 0.700 bits per heavy atom. The molecular weight excluding hydrogens is 376 g/mol. The zero-order valence-corrected chi connectivity index (χ0v) is 20.0. The Morgan fingerprint density at radius 3 is 1.57 bits per heavy atom. The minimum Gasteiger partial charge on any atom is -0.481 e. The van der Waals surface area contributed by atoms with Gasteiger partial charge in [0.05, 0.1) is 10.8 Å². The van der Waals surface area contributed by atoms with Crippen molar-refractivity contribution in [3.63, 3.8) is 0 Å². The van der Waals surface area contributed by atoms with Crippen LogP contribution in [-0.4, -0.2) is 22.2 Å². The molecule has 1 fully saturated rings. The van der Waals surface area contributed by atoms with Crippen LogP contribution >= 0.6 is 0 Å². The molecule has 1 rings (SSSR count). The standard InChI is InChI=1S/C26H48O4/c1-22(2)18-14-12-10-8-6-4-5-7-9-11-13-15-20-26(24(29)30)21-17-16-19-25(26,3)23(27)28/h22H,4-21H2,1-3H3,(H,27,28)(H,29,30).